The Kier molecular flexibility index (Phi) is 3.74. The molecule has 106 valence electrons. The molecule has 1 unspecified atom stereocenters. The molecule has 2 heterocycles. The number of hydrogen-bond donors (Lipinski definition) is 0. The zero-order valence-corrected chi connectivity index (χ0v) is 10.4. The Morgan fingerprint density at radius 2 is 1.95 bits per heavy atom. The molecule has 1 aliphatic carbocycles. The summed E-state index contributed by atoms with van der Waals surface area (Å²) in [5.74, 6) is 1.06. The highest BCUT2D eigenvalue weighted by atomic mass is 19.3. The molecule has 19 heavy (non-hydrogen) atoms. The standard InChI is InChI=1S/C12H16F2N2O3/c13-12(14)18-8-5-7(6-8)10-15-16-11(19-10)9-3-1-2-4-17-9/h7-9,12H,1-6H2. The van der Waals surface area contributed by atoms with Crippen molar-refractivity contribution in [3.63, 3.8) is 0 Å². The highest BCUT2D eigenvalue weighted by Gasteiger charge is 2.37. The van der Waals surface area contributed by atoms with Gasteiger partial charge in [0.25, 0.3) is 0 Å². The first kappa shape index (κ1) is 12.9. The first-order chi connectivity index (χ1) is 9.22. The van der Waals surface area contributed by atoms with Crippen LogP contribution in [0.25, 0.3) is 0 Å². The van der Waals surface area contributed by atoms with Crippen LogP contribution in [0.1, 0.15) is 55.9 Å². The topological polar surface area (TPSA) is 57.4 Å². The summed E-state index contributed by atoms with van der Waals surface area (Å²) in [4.78, 5) is 0. The van der Waals surface area contributed by atoms with E-state index in [4.69, 9.17) is 9.15 Å². The van der Waals surface area contributed by atoms with Gasteiger partial charge in [0, 0.05) is 12.5 Å². The van der Waals surface area contributed by atoms with Crippen LogP contribution in [-0.2, 0) is 9.47 Å². The molecule has 0 amide bonds. The molecule has 2 fully saturated rings. The third-order valence-corrected chi connectivity index (χ3v) is 3.65. The third kappa shape index (κ3) is 2.92. The second-order valence-corrected chi connectivity index (χ2v) is 5.02. The molecule has 0 aromatic carbocycles. The number of aromatic nitrogens is 2. The number of rotatable bonds is 4. The van der Waals surface area contributed by atoms with E-state index in [-0.39, 0.29) is 12.0 Å². The summed E-state index contributed by atoms with van der Waals surface area (Å²) in [6.07, 6.45) is 3.57. The van der Waals surface area contributed by atoms with Gasteiger partial charge in [0.1, 0.15) is 6.10 Å². The van der Waals surface area contributed by atoms with Crippen LogP contribution in [0.15, 0.2) is 4.42 Å². The maximum atomic E-state index is 12.0. The fourth-order valence-corrected chi connectivity index (χ4v) is 2.50. The normalized spacial score (nSPS) is 31.4. The molecule has 1 saturated heterocycles. The van der Waals surface area contributed by atoms with E-state index in [1.807, 2.05) is 0 Å². The molecule has 1 aliphatic heterocycles. The fourth-order valence-electron chi connectivity index (χ4n) is 2.50. The second kappa shape index (κ2) is 5.50. The van der Waals surface area contributed by atoms with Gasteiger partial charge in [-0.2, -0.15) is 8.78 Å². The minimum Gasteiger partial charge on any atom is -0.422 e. The van der Waals surface area contributed by atoms with E-state index in [0.717, 1.165) is 25.9 Å². The van der Waals surface area contributed by atoms with Crippen molar-refractivity contribution in [2.24, 2.45) is 0 Å². The summed E-state index contributed by atoms with van der Waals surface area (Å²) in [6.45, 7) is -1.99. The van der Waals surface area contributed by atoms with E-state index in [2.05, 4.69) is 14.9 Å². The summed E-state index contributed by atoms with van der Waals surface area (Å²) in [5, 5.41) is 7.99. The maximum absolute atomic E-state index is 12.0. The van der Waals surface area contributed by atoms with E-state index in [0.29, 0.717) is 24.6 Å². The Bertz CT molecular complexity index is 415. The largest absolute Gasteiger partial charge is 0.422 e. The zero-order chi connectivity index (χ0) is 13.2. The summed E-state index contributed by atoms with van der Waals surface area (Å²) < 4.78 is 39.6. The lowest BCUT2D eigenvalue weighted by atomic mass is 9.82. The lowest BCUT2D eigenvalue weighted by molar-refractivity contribution is -0.185. The van der Waals surface area contributed by atoms with Gasteiger partial charge in [0.2, 0.25) is 11.8 Å². The SMILES string of the molecule is FC(F)OC1CC(c2nnc(C3CCCCO3)o2)C1. The van der Waals surface area contributed by atoms with Crippen LogP contribution in [0.3, 0.4) is 0 Å². The van der Waals surface area contributed by atoms with Gasteiger partial charge in [0.15, 0.2) is 0 Å². The van der Waals surface area contributed by atoms with Crippen molar-refractivity contribution in [2.75, 3.05) is 6.61 Å². The molecule has 3 rings (SSSR count). The summed E-state index contributed by atoms with van der Waals surface area (Å²) in [7, 11) is 0. The van der Waals surface area contributed by atoms with Crippen LogP contribution in [-0.4, -0.2) is 29.5 Å². The summed E-state index contributed by atoms with van der Waals surface area (Å²) in [6, 6.07) is 0. The van der Waals surface area contributed by atoms with Gasteiger partial charge in [-0.25, -0.2) is 0 Å². The predicted octanol–water partition coefficient (Wildman–Crippen LogP) is 2.80. The highest BCUT2D eigenvalue weighted by molar-refractivity contribution is 5.01. The Morgan fingerprint density at radius 1 is 1.16 bits per heavy atom. The maximum Gasteiger partial charge on any atom is 0.345 e. The Hall–Kier alpha value is -1.08. The lowest BCUT2D eigenvalue weighted by Crippen LogP contribution is -2.31. The lowest BCUT2D eigenvalue weighted by Gasteiger charge is -2.32. The van der Waals surface area contributed by atoms with Gasteiger partial charge in [-0.05, 0) is 32.1 Å². The quantitative estimate of drug-likeness (QED) is 0.845. The van der Waals surface area contributed by atoms with Crippen molar-refractivity contribution < 1.29 is 22.7 Å². The molecule has 0 bridgehead atoms. The average Bonchev–Trinajstić information content (AvgIpc) is 2.83. The van der Waals surface area contributed by atoms with E-state index < -0.39 is 12.7 Å². The van der Waals surface area contributed by atoms with Gasteiger partial charge in [0.05, 0.1) is 6.10 Å². The van der Waals surface area contributed by atoms with Gasteiger partial charge >= 0.3 is 6.61 Å². The van der Waals surface area contributed by atoms with Crippen LogP contribution in [0.2, 0.25) is 0 Å². The van der Waals surface area contributed by atoms with Crippen molar-refractivity contribution in [2.45, 2.75) is 56.8 Å². The van der Waals surface area contributed by atoms with E-state index in [1.54, 1.807) is 0 Å². The highest BCUT2D eigenvalue weighted by Crippen LogP contribution is 2.39. The molecule has 1 aromatic rings. The molecular weight excluding hydrogens is 258 g/mol. The molecule has 2 aliphatic rings. The number of hydrogen-bond acceptors (Lipinski definition) is 5. The molecule has 0 N–H and O–H groups in total. The van der Waals surface area contributed by atoms with E-state index in [1.165, 1.54) is 0 Å². The van der Waals surface area contributed by atoms with Gasteiger partial charge < -0.3 is 13.9 Å². The molecular formula is C12H16F2N2O3. The van der Waals surface area contributed by atoms with Crippen LogP contribution < -0.4 is 0 Å². The number of nitrogens with zero attached hydrogens (tertiary/aromatic N) is 2. The molecule has 1 aromatic heterocycles. The molecule has 0 spiro atoms. The number of halogens is 2. The Balaban J connectivity index is 1.54. The van der Waals surface area contributed by atoms with E-state index >= 15 is 0 Å². The van der Waals surface area contributed by atoms with Crippen LogP contribution in [0, 0.1) is 0 Å². The van der Waals surface area contributed by atoms with Gasteiger partial charge in [-0.1, -0.05) is 0 Å². The Labute approximate surface area is 109 Å². The molecule has 1 saturated carbocycles. The van der Waals surface area contributed by atoms with Crippen molar-refractivity contribution in [1.29, 1.82) is 0 Å². The fraction of sp³-hybridized carbons (Fsp3) is 0.833. The Morgan fingerprint density at radius 3 is 2.63 bits per heavy atom. The van der Waals surface area contributed by atoms with Crippen molar-refractivity contribution in [1.82, 2.24) is 10.2 Å². The molecule has 7 heteroatoms. The van der Waals surface area contributed by atoms with Gasteiger partial charge in [-0.3, -0.25) is 0 Å². The number of ether oxygens (including phenoxy) is 2. The molecule has 1 atom stereocenters. The van der Waals surface area contributed by atoms with Crippen LogP contribution >= 0.6 is 0 Å². The third-order valence-electron chi connectivity index (χ3n) is 3.65. The van der Waals surface area contributed by atoms with Gasteiger partial charge in [-0.15, -0.1) is 10.2 Å². The molecule has 0 radical (unpaired) electrons. The van der Waals surface area contributed by atoms with E-state index in [9.17, 15) is 8.78 Å². The first-order valence-corrected chi connectivity index (χ1v) is 6.61. The predicted molar refractivity (Wildman–Crippen MR) is 59.7 cm³/mol. The average molecular weight is 274 g/mol. The van der Waals surface area contributed by atoms with Crippen LogP contribution in [0.5, 0.6) is 0 Å². The molecule has 5 nitrogen and oxygen atoms in total. The summed E-state index contributed by atoms with van der Waals surface area (Å²) >= 11 is 0. The van der Waals surface area contributed by atoms with Crippen molar-refractivity contribution in [3.05, 3.63) is 11.8 Å². The minimum absolute atomic E-state index is 0.0357. The first-order valence-electron chi connectivity index (χ1n) is 6.61. The second-order valence-electron chi connectivity index (χ2n) is 5.02. The monoisotopic (exact) mass is 274 g/mol. The van der Waals surface area contributed by atoms with Crippen molar-refractivity contribution >= 4 is 0 Å². The zero-order valence-electron chi connectivity index (χ0n) is 10.4. The summed E-state index contributed by atoms with van der Waals surface area (Å²) in [5.41, 5.74) is 0. The van der Waals surface area contributed by atoms with Crippen molar-refractivity contribution in [3.8, 4) is 0 Å². The minimum atomic E-state index is -2.71. The van der Waals surface area contributed by atoms with Crippen LogP contribution in [0.4, 0.5) is 8.78 Å². The number of alkyl halides is 2. The smallest absolute Gasteiger partial charge is 0.345 e.